The number of rotatable bonds is 5. The number of hydrogen-bond donors (Lipinski definition) is 6. The van der Waals surface area contributed by atoms with Crippen LogP contribution in [-0.4, -0.2) is 17.4 Å². The molecule has 0 bridgehead atoms. The highest BCUT2D eigenvalue weighted by Crippen LogP contribution is 2.18. The maximum absolute atomic E-state index is 12.6. The molecule has 0 unspecified atom stereocenters. The lowest BCUT2D eigenvalue weighted by Crippen LogP contribution is -2.33. The third kappa shape index (κ3) is 3.26. The van der Waals surface area contributed by atoms with Crippen molar-refractivity contribution in [2.45, 2.75) is 12.6 Å². The van der Waals surface area contributed by atoms with Crippen LogP contribution in [0.4, 0.5) is 0 Å². The topological polar surface area (TPSA) is 93.0 Å². The van der Waals surface area contributed by atoms with Crippen molar-refractivity contribution in [2.75, 3.05) is 6.54 Å². The summed E-state index contributed by atoms with van der Waals surface area (Å²) in [6, 6.07) is 15.7. The van der Waals surface area contributed by atoms with Gasteiger partial charge in [0.15, 0.2) is 0 Å². The lowest BCUT2D eigenvalue weighted by molar-refractivity contribution is 0.0952. The highest BCUT2D eigenvalue weighted by atomic mass is 16.1. The van der Waals surface area contributed by atoms with Crippen LogP contribution >= 0.6 is 0 Å². The van der Waals surface area contributed by atoms with Gasteiger partial charge in [-0.25, -0.2) is 10.9 Å². The number of nitrogens with one attached hydrogen (secondary N) is 6. The first-order valence-electron chi connectivity index (χ1n) is 8.26. The van der Waals surface area contributed by atoms with E-state index in [0.29, 0.717) is 12.1 Å². The van der Waals surface area contributed by atoms with Crippen LogP contribution in [0.1, 0.15) is 27.7 Å². The van der Waals surface area contributed by atoms with E-state index < -0.39 is 0 Å². The molecule has 1 aliphatic rings. The average molecular weight is 336 g/mol. The number of aromatic amines is 1. The van der Waals surface area contributed by atoms with Gasteiger partial charge >= 0.3 is 0 Å². The fraction of sp³-hybridized carbons (Fsp3) is 0.167. The standard InChI is InChI=1S/C18H20N6O/c25-18(15-7-2-1-6-14(15)17-21-23-24-22-17)19-10-9-12-11-20-16-8-4-3-5-13(12)16/h1-8,11,17,20-24H,9-10H2,(H,19,25). The van der Waals surface area contributed by atoms with Gasteiger partial charge in [0.25, 0.3) is 5.91 Å². The third-order valence-electron chi connectivity index (χ3n) is 4.37. The molecule has 1 aromatic heterocycles. The van der Waals surface area contributed by atoms with E-state index in [4.69, 9.17) is 0 Å². The van der Waals surface area contributed by atoms with Crippen LogP contribution in [-0.2, 0) is 6.42 Å². The Labute approximate surface area is 145 Å². The minimum Gasteiger partial charge on any atom is -0.361 e. The maximum Gasteiger partial charge on any atom is 0.251 e. The molecule has 0 spiro atoms. The van der Waals surface area contributed by atoms with Crippen LogP contribution in [0.15, 0.2) is 54.7 Å². The zero-order valence-electron chi connectivity index (χ0n) is 13.6. The van der Waals surface area contributed by atoms with E-state index in [9.17, 15) is 4.79 Å². The quantitative estimate of drug-likeness (QED) is 0.422. The number of hydrogen-bond acceptors (Lipinski definition) is 5. The second-order valence-corrected chi connectivity index (χ2v) is 5.92. The van der Waals surface area contributed by atoms with Gasteiger partial charge in [-0.15, -0.1) is 0 Å². The summed E-state index contributed by atoms with van der Waals surface area (Å²) in [5.74, 6) is -0.0778. The fourth-order valence-corrected chi connectivity index (χ4v) is 3.11. The molecule has 128 valence electrons. The molecular weight excluding hydrogens is 316 g/mol. The Morgan fingerprint density at radius 2 is 1.76 bits per heavy atom. The van der Waals surface area contributed by atoms with Crippen LogP contribution in [0, 0.1) is 0 Å². The van der Waals surface area contributed by atoms with E-state index in [2.05, 4.69) is 44.4 Å². The molecular formula is C18H20N6O. The summed E-state index contributed by atoms with van der Waals surface area (Å²) >= 11 is 0. The van der Waals surface area contributed by atoms with Crippen molar-refractivity contribution in [1.29, 1.82) is 0 Å². The predicted octanol–water partition coefficient (Wildman–Crippen LogP) is 1.26. The molecule has 7 nitrogen and oxygen atoms in total. The van der Waals surface area contributed by atoms with Crippen LogP contribution in [0.2, 0.25) is 0 Å². The van der Waals surface area contributed by atoms with Gasteiger partial charge < -0.3 is 10.3 Å². The maximum atomic E-state index is 12.6. The summed E-state index contributed by atoms with van der Waals surface area (Å²) in [6.07, 6.45) is 2.62. The van der Waals surface area contributed by atoms with Crippen molar-refractivity contribution in [3.05, 3.63) is 71.4 Å². The Bertz CT molecular complexity index is 884. The Morgan fingerprint density at radius 3 is 2.64 bits per heavy atom. The third-order valence-corrected chi connectivity index (χ3v) is 4.37. The Morgan fingerprint density at radius 1 is 1.00 bits per heavy atom. The predicted molar refractivity (Wildman–Crippen MR) is 96.1 cm³/mol. The second kappa shape index (κ2) is 7.04. The highest BCUT2D eigenvalue weighted by molar-refractivity contribution is 5.95. The summed E-state index contributed by atoms with van der Waals surface area (Å²) in [5.41, 5.74) is 15.4. The normalized spacial score (nSPS) is 14.9. The minimum absolute atomic E-state index is 0.0778. The zero-order valence-corrected chi connectivity index (χ0v) is 13.6. The molecule has 6 N–H and O–H groups in total. The molecule has 0 saturated carbocycles. The van der Waals surface area contributed by atoms with E-state index in [0.717, 1.165) is 17.5 Å². The molecule has 1 amide bonds. The van der Waals surface area contributed by atoms with Crippen molar-refractivity contribution in [1.82, 2.24) is 32.2 Å². The number of amides is 1. The van der Waals surface area contributed by atoms with Gasteiger partial charge in [-0.05, 0) is 29.7 Å². The summed E-state index contributed by atoms with van der Waals surface area (Å²) in [5, 5.41) is 4.22. The van der Waals surface area contributed by atoms with Gasteiger partial charge in [0.1, 0.15) is 6.17 Å². The van der Waals surface area contributed by atoms with E-state index in [-0.39, 0.29) is 12.1 Å². The fourth-order valence-electron chi connectivity index (χ4n) is 3.11. The van der Waals surface area contributed by atoms with Crippen molar-refractivity contribution in [2.24, 2.45) is 0 Å². The van der Waals surface area contributed by atoms with E-state index in [1.54, 1.807) is 0 Å². The first-order chi connectivity index (χ1) is 12.3. The van der Waals surface area contributed by atoms with Gasteiger partial charge in [-0.2, -0.15) is 11.1 Å². The number of fused-ring (bicyclic) bond motifs is 1. The van der Waals surface area contributed by atoms with E-state index >= 15 is 0 Å². The lowest BCUT2D eigenvalue weighted by Gasteiger charge is -2.14. The highest BCUT2D eigenvalue weighted by Gasteiger charge is 2.21. The Hall–Kier alpha value is -2.71. The number of H-pyrrole nitrogens is 1. The van der Waals surface area contributed by atoms with Crippen LogP contribution < -0.4 is 27.2 Å². The summed E-state index contributed by atoms with van der Waals surface area (Å²) in [4.78, 5) is 15.9. The smallest absolute Gasteiger partial charge is 0.251 e. The molecule has 0 aliphatic carbocycles. The van der Waals surface area contributed by atoms with Gasteiger partial charge in [0.05, 0.1) is 0 Å². The molecule has 1 saturated heterocycles. The van der Waals surface area contributed by atoms with Crippen molar-refractivity contribution in [3.63, 3.8) is 0 Å². The molecule has 1 aliphatic heterocycles. The largest absolute Gasteiger partial charge is 0.361 e. The molecule has 7 heteroatoms. The summed E-state index contributed by atoms with van der Waals surface area (Å²) < 4.78 is 0. The Balaban J connectivity index is 1.43. The van der Waals surface area contributed by atoms with E-state index in [1.165, 1.54) is 10.9 Å². The van der Waals surface area contributed by atoms with Crippen LogP contribution in [0.3, 0.4) is 0 Å². The molecule has 3 aromatic rings. The van der Waals surface area contributed by atoms with Crippen LogP contribution in [0.5, 0.6) is 0 Å². The number of benzene rings is 2. The summed E-state index contributed by atoms with van der Waals surface area (Å²) in [6.45, 7) is 0.580. The molecule has 1 fully saturated rings. The van der Waals surface area contributed by atoms with E-state index in [1.807, 2.05) is 42.6 Å². The first-order valence-corrected chi connectivity index (χ1v) is 8.26. The number of para-hydroxylation sites is 1. The monoisotopic (exact) mass is 336 g/mol. The SMILES string of the molecule is O=C(NCCc1c[nH]c2ccccc12)c1ccccc1C1NNNN1. The van der Waals surface area contributed by atoms with Gasteiger partial charge in [-0.1, -0.05) is 36.4 Å². The summed E-state index contributed by atoms with van der Waals surface area (Å²) in [7, 11) is 0. The minimum atomic E-state index is -0.171. The number of carbonyl (C=O) groups is 1. The molecule has 4 rings (SSSR count). The molecule has 0 atom stereocenters. The van der Waals surface area contributed by atoms with Crippen molar-refractivity contribution < 1.29 is 4.79 Å². The molecule has 2 aromatic carbocycles. The molecule has 25 heavy (non-hydrogen) atoms. The first kappa shape index (κ1) is 15.8. The van der Waals surface area contributed by atoms with Gasteiger partial charge in [-0.3, -0.25) is 4.79 Å². The lowest BCUT2D eigenvalue weighted by atomic mass is 10.0. The van der Waals surface area contributed by atoms with Crippen molar-refractivity contribution >= 4 is 16.8 Å². The van der Waals surface area contributed by atoms with Gasteiger partial charge in [0.2, 0.25) is 0 Å². The zero-order chi connectivity index (χ0) is 17.1. The van der Waals surface area contributed by atoms with Crippen LogP contribution in [0.25, 0.3) is 10.9 Å². The average Bonchev–Trinajstić information content (AvgIpc) is 3.32. The number of aromatic nitrogens is 1. The molecule has 0 radical (unpaired) electrons. The van der Waals surface area contributed by atoms with Crippen molar-refractivity contribution in [3.8, 4) is 0 Å². The Kier molecular flexibility index (Phi) is 4.45. The van der Waals surface area contributed by atoms with Gasteiger partial charge in [0, 0.05) is 29.2 Å². The number of hydrazine groups is 3. The molecule has 2 heterocycles. The number of carbonyl (C=O) groups excluding carboxylic acids is 1. The second-order valence-electron chi connectivity index (χ2n) is 5.92.